The van der Waals surface area contributed by atoms with Crippen LogP contribution in [0, 0.1) is 0 Å². The summed E-state index contributed by atoms with van der Waals surface area (Å²) in [6.45, 7) is 1.50. The predicted octanol–water partition coefficient (Wildman–Crippen LogP) is 2.50. The van der Waals surface area contributed by atoms with Gasteiger partial charge in [0.25, 0.3) is 5.91 Å². The molecule has 0 radical (unpaired) electrons. The van der Waals surface area contributed by atoms with E-state index in [4.69, 9.17) is 0 Å². The smallest absolute Gasteiger partial charge is 0.257 e. The van der Waals surface area contributed by atoms with Gasteiger partial charge >= 0.3 is 0 Å². The quantitative estimate of drug-likeness (QED) is 0.806. The molecule has 1 atom stereocenters. The molecule has 1 saturated carbocycles. The Labute approximate surface area is 136 Å². The van der Waals surface area contributed by atoms with E-state index in [1.165, 1.54) is 18.2 Å². The molecule has 1 aliphatic heterocycles. The zero-order chi connectivity index (χ0) is 16.4. The molecule has 2 fully saturated rings. The minimum atomic E-state index is -0.650. The standard InChI is InChI=1S/C18H22N2O3/c1-13(21)19(14-8-4-2-5-9-14)16-12-17(22)20(18(16)23)15-10-6-3-7-11-15/h3,6-7,10-11,14,16H,2,4-5,8-9,12H2,1H3. The summed E-state index contributed by atoms with van der Waals surface area (Å²) in [5.41, 5.74) is 0.581. The van der Waals surface area contributed by atoms with Gasteiger partial charge in [-0.1, -0.05) is 37.5 Å². The second-order valence-corrected chi connectivity index (χ2v) is 6.34. The van der Waals surface area contributed by atoms with Gasteiger partial charge in [-0.2, -0.15) is 0 Å². The third kappa shape index (κ3) is 3.00. The lowest BCUT2D eigenvalue weighted by molar-refractivity contribution is -0.140. The van der Waals surface area contributed by atoms with Crippen LogP contribution in [-0.4, -0.2) is 34.7 Å². The molecule has 3 rings (SSSR count). The molecule has 1 aromatic rings. The number of rotatable bonds is 3. The van der Waals surface area contributed by atoms with Gasteiger partial charge in [-0.3, -0.25) is 14.4 Å². The van der Waals surface area contributed by atoms with Gasteiger partial charge in [0.15, 0.2) is 0 Å². The number of carbonyl (C=O) groups is 3. The summed E-state index contributed by atoms with van der Waals surface area (Å²) in [6, 6.07) is 8.37. The molecule has 2 aliphatic rings. The number of hydrogen-bond acceptors (Lipinski definition) is 3. The van der Waals surface area contributed by atoms with Crippen LogP contribution >= 0.6 is 0 Å². The van der Waals surface area contributed by atoms with Gasteiger partial charge < -0.3 is 4.90 Å². The summed E-state index contributed by atoms with van der Waals surface area (Å²) in [7, 11) is 0. The van der Waals surface area contributed by atoms with Gasteiger partial charge in [-0.25, -0.2) is 4.90 Å². The number of hydrogen-bond donors (Lipinski definition) is 0. The highest BCUT2D eigenvalue weighted by Gasteiger charge is 2.45. The first-order chi connectivity index (χ1) is 11.1. The summed E-state index contributed by atoms with van der Waals surface area (Å²) in [5, 5.41) is 0. The average molecular weight is 314 g/mol. The third-order valence-electron chi connectivity index (χ3n) is 4.80. The second kappa shape index (κ2) is 6.52. The van der Waals surface area contributed by atoms with E-state index in [2.05, 4.69) is 0 Å². The Morgan fingerprint density at radius 1 is 1.09 bits per heavy atom. The Morgan fingerprint density at radius 2 is 1.74 bits per heavy atom. The molecule has 5 heteroatoms. The van der Waals surface area contributed by atoms with E-state index >= 15 is 0 Å². The van der Waals surface area contributed by atoms with Crippen LogP contribution in [0.4, 0.5) is 5.69 Å². The lowest BCUT2D eigenvalue weighted by Gasteiger charge is -2.36. The van der Waals surface area contributed by atoms with E-state index in [1.54, 1.807) is 29.2 Å². The van der Waals surface area contributed by atoms with Gasteiger partial charge in [0.1, 0.15) is 6.04 Å². The highest BCUT2D eigenvalue weighted by molar-refractivity contribution is 6.23. The average Bonchev–Trinajstić information content (AvgIpc) is 2.84. The molecule has 1 saturated heterocycles. The van der Waals surface area contributed by atoms with Crippen LogP contribution in [-0.2, 0) is 14.4 Å². The number of anilines is 1. The highest BCUT2D eigenvalue weighted by Crippen LogP contribution is 2.30. The predicted molar refractivity (Wildman–Crippen MR) is 86.7 cm³/mol. The maximum Gasteiger partial charge on any atom is 0.257 e. The van der Waals surface area contributed by atoms with Gasteiger partial charge in [0.2, 0.25) is 11.8 Å². The van der Waals surface area contributed by atoms with Crippen molar-refractivity contribution < 1.29 is 14.4 Å². The largest absolute Gasteiger partial charge is 0.327 e. The zero-order valence-corrected chi connectivity index (χ0v) is 13.4. The number of carbonyl (C=O) groups excluding carboxylic acids is 3. The Balaban J connectivity index is 1.86. The molecule has 1 aliphatic carbocycles. The zero-order valence-electron chi connectivity index (χ0n) is 13.4. The Hall–Kier alpha value is -2.17. The first kappa shape index (κ1) is 15.7. The number of imide groups is 1. The molecular weight excluding hydrogens is 292 g/mol. The summed E-state index contributed by atoms with van der Waals surface area (Å²) >= 11 is 0. The number of para-hydroxylation sites is 1. The van der Waals surface area contributed by atoms with Crippen LogP contribution in [0.25, 0.3) is 0 Å². The van der Waals surface area contributed by atoms with Crippen LogP contribution < -0.4 is 4.90 Å². The maximum atomic E-state index is 12.8. The van der Waals surface area contributed by atoms with Gasteiger partial charge in [-0.15, -0.1) is 0 Å². The monoisotopic (exact) mass is 314 g/mol. The summed E-state index contributed by atoms with van der Waals surface area (Å²) < 4.78 is 0. The van der Waals surface area contributed by atoms with Crippen molar-refractivity contribution >= 4 is 23.4 Å². The normalized spacial score (nSPS) is 22.5. The SMILES string of the molecule is CC(=O)N(C1CCCCC1)C1CC(=O)N(c2ccccc2)C1=O. The topological polar surface area (TPSA) is 57.7 Å². The molecule has 0 aromatic heterocycles. The summed E-state index contributed by atoms with van der Waals surface area (Å²) in [6.07, 6.45) is 5.25. The highest BCUT2D eigenvalue weighted by atomic mass is 16.2. The van der Waals surface area contributed by atoms with Crippen LogP contribution in [0.2, 0.25) is 0 Å². The molecule has 23 heavy (non-hydrogen) atoms. The fourth-order valence-electron chi connectivity index (χ4n) is 3.77. The van der Waals surface area contributed by atoms with Crippen LogP contribution in [0.1, 0.15) is 45.4 Å². The Kier molecular flexibility index (Phi) is 4.46. The molecule has 1 unspecified atom stereocenters. The molecule has 1 heterocycles. The molecule has 5 nitrogen and oxygen atoms in total. The minimum absolute atomic E-state index is 0.0822. The first-order valence-corrected chi connectivity index (χ1v) is 8.30. The number of nitrogens with zero attached hydrogens (tertiary/aromatic N) is 2. The first-order valence-electron chi connectivity index (χ1n) is 8.30. The van der Waals surface area contributed by atoms with E-state index in [9.17, 15) is 14.4 Å². The molecule has 3 amide bonds. The van der Waals surface area contributed by atoms with E-state index < -0.39 is 6.04 Å². The number of benzene rings is 1. The van der Waals surface area contributed by atoms with Crippen molar-refractivity contribution in [3.63, 3.8) is 0 Å². The van der Waals surface area contributed by atoms with Crippen LogP contribution in [0.5, 0.6) is 0 Å². The minimum Gasteiger partial charge on any atom is -0.327 e. The van der Waals surface area contributed by atoms with E-state index in [-0.39, 0.29) is 30.2 Å². The molecule has 0 spiro atoms. The molecule has 0 N–H and O–H groups in total. The molecule has 0 bridgehead atoms. The van der Waals surface area contributed by atoms with Crippen molar-refractivity contribution in [1.29, 1.82) is 0 Å². The van der Waals surface area contributed by atoms with E-state index in [0.29, 0.717) is 5.69 Å². The summed E-state index contributed by atoms with van der Waals surface area (Å²) in [4.78, 5) is 40.3. The molecule has 122 valence electrons. The van der Waals surface area contributed by atoms with Crippen molar-refractivity contribution in [2.45, 2.75) is 57.5 Å². The Morgan fingerprint density at radius 3 is 2.35 bits per heavy atom. The van der Waals surface area contributed by atoms with Crippen molar-refractivity contribution in [1.82, 2.24) is 4.90 Å². The van der Waals surface area contributed by atoms with Crippen molar-refractivity contribution in [3.05, 3.63) is 30.3 Å². The van der Waals surface area contributed by atoms with Gasteiger partial charge in [0, 0.05) is 13.0 Å². The molecule has 1 aromatic carbocycles. The summed E-state index contributed by atoms with van der Waals surface area (Å²) in [5.74, 6) is -0.617. The molecular formula is C18H22N2O3. The van der Waals surface area contributed by atoms with Gasteiger partial charge in [0.05, 0.1) is 12.1 Å². The van der Waals surface area contributed by atoms with Crippen molar-refractivity contribution in [2.24, 2.45) is 0 Å². The fourth-order valence-corrected chi connectivity index (χ4v) is 3.77. The lowest BCUT2D eigenvalue weighted by atomic mass is 9.92. The maximum absolute atomic E-state index is 12.8. The van der Waals surface area contributed by atoms with Crippen LogP contribution in [0.3, 0.4) is 0 Å². The Bertz CT molecular complexity index is 608. The van der Waals surface area contributed by atoms with E-state index in [0.717, 1.165) is 25.7 Å². The van der Waals surface area contributed by atoms with E-state index in [1.807, 2.05) is 6.07 Å². The van der Waals surface area contributed by atoms with Gasteiger partial charge in [-0.05, 0) is 25.0 Å². The second-order valence-electron chi connectivity index (χ2n) is 6.34. The third-order valence-corrected chi connectivity index (χ3v) is 4.80. The lowest BCUT2D eigenvalue weighted by Crippen LogP contribution is -2.50. The number of amides is 3. The van der Waals surface area contributed by atoms with Crippen molar-refractivity contribution in [3.8, 4) is 0 Å². The van der Waals surface area contributed by atoms with Crippen LogP contribution in [0.15, 0.2) is 30.3 Å². The van der Waals surface area contributed by atoms with Crippen molar-refractivity contribution in [2.75, 3.05) is 4.90 Å². The fraction of sp³-hybridized carbons (Fsp3) is 0.500.